The molecule has 0 radical (unpaired) electrons. The van der Waals surface area contributed by atoms with Gasteiger partial charge in [0, 0.05) is 6.20 Å². The Kier molecular flexibility index (Phi) is 5.23. The van der Waals surface area contributed by atoms with Crippen molar-refractivity contribution < 1.29 is 23.0 Å². The summed E-state index contributed by atoms with van der Waals surface area (Å²) in [5, 5.41) is 14.5. The molecule has 0 amide bonds. The smallest absolute Gasteiger partial charge is 0.394 e. The molecule has 0 saturated heterocycles. The van der Waals surface area contributed by atoms with E-state index in [0.717, 1.165) is 0 Å². The van der Waals surface area contributed by atoms with E-state index in [9.17, 15) is 13.2 Å². The quantitative estimate of drug-likeness (QED) is 0.708. The van der Waals surface area contributed by atoms with Crippen LogP contribution in [-0.4, -0.2) is 47.4 Å². The van der Waals surface area contributed by atoms with Crippen LogP contribution in [0, 0.1) is 0 Å². The van der Waals surface area contributed by atoms with Gasteiger partial charge in [-0.05, 0) is 0 Å². The van der Waals surface area contributed by atoms with Crippen LogP contribution in [0.1, 0.15) is 0 Å². The number of alkyl halides is 3. The fourth-order valence-electron chi connectivity index (χ4n) is 1.10. The number of rotatable bonds is 7. The molecule has 0 bridgehead atoms. The summed E-state index contributed by atoms with van der Waals surface area (Å²) in [4.78, 5) is 0. The van der Waals surface area contributed by atoms with Crippen molar-refractivity contribution >= 4 is 5.69 Å². The monoisotopic (exact) mass is 253 g/mol. The standard InChI is InChI=1S/C9H14F3N3O2/c10-9(11,12)7-13-8-5-14-15(6-8)1-3-17-4-2-16/h5-6,13,16H,1-4,7H2. The maximum absolute atomic E-state index is 11.9. The van der Waals surface area contributed by atoms with E-state index in [-0.39, 0.29) is 13.2 Å². The highest BCUT2D eigenvalue weighted by molar-refractivity contribution is 5.38. The van der Waals surface area contributed by atoms with E-state index < -0.39 is 12.7 Å². The van der Waals surface area contributed by atoms with Gasteiger partial charge in [-0.25, -0.2) is 0 Å². The average molecular weight is 253 g/mol. The van der Waals surface area contributed by atoms with Crippen molar-refractivity contribution in [2.45, 2.75) is 12.7 Å². The molecule has 1 aromatic heterocycles. The molecule has 0 aliphatic rings. The molecule has 0 atom stereocenters. The lowest BCUT2D eigenvalue weighted by Crippen LogP contribution is -2.21. The van der Waals surface area contributed by atoms with Gasteiger partial charge in [0.05, 0.1) is 38.2 Å². The minimum Gasteiger partial charge on any atom is -0.394 e. The largest absolute Gasteiger partial charge is 0.405 e. The lowest BCUT2D eigenvalue weighted by Gasteiger charge is -2.06. The molecule has 0 aliphatic carbocycles. The predicted octanol–water partition coefficient (Wildman–Crippen LogP) is 0.866. The van der Waals surface area contributed by atoms with Crippen molar-refractivity contribution in [2.75, 3.05) is 31.7 Å². The summed E-state index contributed by atoms with van der Waals surface area (Å²) in [6.07, 6.45) is -1.46. The first kappa shape index (κ1) is 13.8. The molecule has 0 spiro atoms. The SMILES string of the molecule is OCCOCCn1cc(NCC(F)(F)F)cn1. The zero-order valence-corrected chi connectivity index (χ0v) is 9.07. The third-order valence-corrected chi connectivity index (χ3v) is 1.83. The highest BCUT2D eigenvalue weighted by Gasteiger charge is 2.26. The molecule has 2 N–H and O–H groups in total. The average Bonchev–Trinajstić information content (AvgIpc) is 2.69. The molecule has 98 valence electrons. The number of nitrogens with one attached hydrogen (secondary N) is 1. The van der Waals surface area contributed by atoms with Gasteiger partial charge in [0.25, 0.3) is 0 Å². The van der Waals surface area contributed by atoms with Crippen molar-refractivity contribution in [3.8, 4) is 0 Å². The van der Waals surface area contributed by atoms with Crippen LogP contribution in [0.25, 0.3) is 0 Å². The summed E-state index contributed by atoms with van der Waals surface area (Å²) in [7, 11) is 0. The highest BCUT2D eigenvalue weighted by atomic mass is 19.4. The molecule has 5 nitrogen and oxygen atoms in total. The molecular weight excluding hydrogens is 239 g/mol. The summed E-state index contributed by atoms with van der Waals surface area (Å²) in [5.41, 5.74) is 0.310. The second-order valence-electron chi connectivity index (χ2n) is 3.30. The van der Waals surface area contributed by atoms with E-state index in [1.54, 1.807) is 0 Å². The summed E-state index contributed by atoms with van der Waals surface area (Å²) in [6.45, 7) is -0.133. The highest BCUT2D eigenvalue weighted by Crippen LogP contribution is 2.15. The number of halogens is 3. The second-order valence-corrected chi connectivity index (χ2v) is 3.30. The Morgan fingerprint density at radius 1 is 1.41 bits per heavy atom. The number of hydrogen-bond donors (Lipinski definition) is 2. The maximum atomic E-state index is 11.9. The molecule has 8 heteroatoms. The number of aliphatic hydroxyl groups excluding tert-OH is 1. The van der Waals surface area contributed by atoms with Crippen LogP contribution in [0.2, 0.25) is 0 Å². The van der Waals surface area contributed by atoms with Crippen LogP contribution in [0.4, 0.5) is 18.9 Å². The van der Waals surface area contributed by atoms with Gasteiger partial charge >= 0.3 is 6.18 Å². The lowest BCUT2D eigenvalue weighted by atomic mass is 10.5. The van der Waals surface area contributed by atoms with Crippen LogP contribution >= 0.6 is 0 Å². The summed E-state index contributed by atoms with van der Waals surface area (Å²) >= 11 is 0. The summed E-state index contributed by atoms with van der Waals surface area (Å²) < 4.78 is 42.2. The molecule has 1 heterocycles. The van der Waals surface area contributed by atoms with Crippen LogP contribution < -0.4 is 5.32 Å². The second kappa shape index (κ2) is 6.45. The van der Waals surface area contributed by atoms with Crippen molar-refractivity contribution in [1.29, 1.82) is 0 Å². The van der Waals surface area contributed by atoms with Gasteiger partial charge in [0.1, 0.15) is 6.54 Å². The lowest BCUT2D eigenvalue weighted by molar-refractivity contribution is -0.115. The first-order chi connectivity index (χ1) is 8.01. The number of ether oxygens (including phenoxy) is 1. The number of hydrogen-bond acceptors (Lipinski definition) is 4. The van der Waals surface area contributed by atoms with Gasteiger partial charge in [-0.2, -0.15) is 18.3 Å². The number of nitrogens with zero attached hydrogens (tertiary/aromatic N) is 2. The van der Waals surface area contributed by atoms with Crippen molar-refractivity contribution in [3.63, 3.8) is 0 Å². The minimum absolute atomic E-state index is 0.0580. The first-order valence-corrected chi connectivity index (χ1v) is 5.03. The van der Waals surface area contributed by atoms with Crippen LogP contribution in [-0.2, 0) is 11.3 Å². The Balaban J connectivity index is 2.28. The van der Waals surface area contributed by atoms with Crippen molar-refractivity contribution in [3.05, 3.63) is 12.4 Å². The van der Waals surface area contributed by atoms with E-state index in [2.05, 4.69) is 10.4 Å². The van der Waals surface area contributed by atoms with Crippen LogP contribution in [0.15, 0.2) is 12.4 Å². The molecule has 0 aliphatic heterocycles. The Hall–Kier alpha value is -1.28. The number of aliphatic hydroxyl groups is 1. The molecule has 17 heavy (non-hydrogen) atoms. The van der Waals surface area contributed by atoms with Gasteiger partial charge in [0.15, 0.2) is 0 Å². The fourth-order valence-corrected chi connectivity index (χ4v) is 1.10. The van der Waals surface area contributed by atoms with Crippen LogP contribution in [0.3, 0.4) is 0 Å². The van der Waals surface area contributed by atoms with Gasteiger partial charge in [0.2, 0.25) is 0 Å². The summed E-state index contributed by atoms with van der Waals surface area (Å²) in [5.74, 6) is 0. The molecule has 0 unspecified atom stereocenters. The van der Waals surface area contributed by atoms with E-state index in [4.69, 9.17) is 9.84 Å². The van der Waals surface area contributed by atoms with Gasteiger partial charge in [-0.3, -0.25) is 4.68 Å². The Morgan fingerprint density at radius 3 is 2.82 bits per heavy atom. The molecular formula is C9H14F3N3O2. The normalized spacial score (nSPS) is 11.8. The predicted molar refractivity (Wildman–Crippen MR) is 54.7 cm³/mol. The molecule has 0 fully saturated rings. The van der Waals surface area contributed by atoms with Gasteiger partial charge in [-0.1, -0.05) is 0 Å². The number of anilines is 1. The van der Waals surface area contributed by atoms with Gasteiger partial charge in [-0.15, -0.1) is 0 Å². The topological polar surface area (TPSA) is 59.3 Å². The zero-order valence-electron chi connectivity index (χ0n) is 9.07. The summed E-state index contributed by atoms with van der Waals surface area (Å²) in [6, 6.07) is 0. The Bertz CT molecular complexity index is 328. The molecule has 1 rings (SSSR count). The third-order valence-electron chi connectivity index (χ3n) is 1.83. The van der Waals surface area contributed by atoms with Crippen molar-refractivity contribution in [2.24, 2.45) is 0 Å². The van der Waals surface area contributed by atoms with E-state index >= 15 is 0 Å². The van der Waals surface area contributed by atoms with E-state index in [1.807, 2.05) is 0 Å². The molecule has 0 aromatic carbocycles. The first-order valence-electron chi connectivity index (χ1n) is 5.03. The maximum Gasteiger partial charge on any atom is 0.405 e. The third kappa shape index (κ3) is 6.12. The van der Waals surface area contributed by atoms with E-state index in [0.29, 0.717) is 18.8 Å². The number of aromatic nitrogens is 2. The van der Waals surface area contributed by atoms with Gasteiger partial charge < -0.3 is 15.2 Å². The molecule has 1 aromatic rings. The fraction of sp³-hybridized carbons (Fsp3) is 0.667. The zero-order chi connectivity index (χ0) is 12.7. The van der Waals surface area contributed by atoms with Crippen molar-refractivity contribution in [1.82, 2.24) is 9.78 Å². The molecule has 0 saturated carbocycles. The van der Waals surface area contributed by atoms with E-state index in [1.165, 1.54) is 17.1 Å². The Morgan fingerprint density at radius 2 is 2.18 bits per heavy atom. The Labute approximate surface area is 96.2 Å². The minimum atomic E-state index is -4.24. The van der Waals surface area contributed by atoms with Crippen LogP contribution in [0.5, 0.6) is 0 Å².